The number of hydrogen-bond donors (Lipinski definition) is 0. The van der Waals surface area contributed by atoms with E-state index in [4.69, 9.17) is 5.26 Å². The highest BCUT2D eigenvalue weighted by atomic mass is 19.3. The van der Waals surface area contributed by atoms with Crippen molar-refractivity contribution in [2.24, 2.45) is 0 Å². The van der Waals surface area contributed by atoms with Gasteiger partial charge in [-0.25, -0.2) is 13.6 Å². The third-order valence-electron chi connectivity index (χ3n) is 2.44. The van der Waals surface area contributed by atoms with Crippen molar-refractivity contribution in [3.63, 3.8) is 0 Å². The van der Waals surface area contributed by atoms with Crippen molar-refractivity contribution in [2.75, 3.05) is 7.11 Å². The van der Waals surface area contributed by atoms with Crippen LogP contribution in [0.3, 0.4) is 0 Å². The largest absolute Gasteiger partial charge is 0.465 e. The van der Waals surface area contributed by atoms with E-state index in [2.05, 4.69) is 4.74 Å². The van der Waals surface area contributed by atoms with Crippen LogP contribution in [0.1, 0.15) is 40.4 Å². The lowest BCUT2D eigenvalue weighted by Crippen LogP contribution is -2.11. The fourth-order valence-electron chi connectivity index (χ4n) is 1.66. The number of hydrogen-bond acceptors (Lipinski definition) is 3. The Kier molecular flexibility index (Phi) is 4.16. The van der Waals surface area contributed by atoms with Crippen LogP contribution in [0.2, 0.25) is 0 Å². The van der Waals surface area contributed by atoms with Crippen molar-refractivity contribution >= 4 is 5.97 Å². The molecule has 0 aliphatic heterocycles. The van der Waals surface area contributed by atoms with Crippen molar-refractivity contribution in [1.82, 2.24) is 0 Å². The Bertz CT molecular complexity index is 478. The average molecular weight is 239 g/mol. The van der Waals surface area contributed by atoms with Crippen LogP contribution in [-0.4, -0.2) is 13.1 Å². The molecule has 1 aromatic rings. The third kappa shape index (κ3) is 2.41. The van der Waals surface area contributed by atoms with Gasteiger partial charge in [0.1, 0.15) is 0 Å². The minimum absolute atomic E-state index is 0.191. The van der Waals surface area contributed by atoms with E-state index in [9.17, 15) is 13.6 Å². The summed E-state index contributed by atoms with van der Waals surface area (Å²) in [6, 6.07) is 4.27. The number of alkyl halides is 2. The SMILES string of the molecule is CCc1c(C#N)ccc(C(F)F)c1C(=O)OC. The zero-order chi connectivity index (χ0) is 13.0. The third-order valence-corrected chi connectivity index (χ3v) is 2.44. The summed E-state index contributed by atoms with van der Waals surface area (Å²) >= 11 is 0. The molecule has 1 aromatic carbocycles. The van der Waals surface area contributed by atoms with Crippen LogP contribution in [0.25, 0.3) is 0 Å². The molecule has 3 nitrogen and oxygen atoms in total. The van der Waals surface area contributed by atoms with Gasteiger partial charge in [0, 0.05) is 5.56 Å². The van der Waals surface area contributed by atoms with Crippen molar-refractivity contribution < 1.29 is 18.3 Å². The second-order valence-electron chi connectivity index (χ2n) is 3.31. The van der Waals surface area contributed by atoms with Gasteiger partial charge in [-0.1, -0.05) is 13.0 Å². The predicted molar refractivity (Wildman–Crippen MR) is 56.8 cm³/mol. The summed E-state index contributed by atoms with van der Waals surface area (Å²) in [5.41, 5.74) is -0.0637. The van der Waals surface area contributed by atoms with Crippen LogP contribution in [0.15, 0.2) is 12.1 Å². The van der Waals surface area contributed by atoms with Gasteiger partial charge in [-0.3, -0.25) is 0 Å². The lowest BCUT2D eigenvalue weighted by molar-refractivity contribution is 0.0588. The normalized spacial score (nSPS) is 10.1. The van der Waals surface area contributed by atoms with Crippen LogP contribution in [0.4, 0.5) is 8.78 Å². The molecule has 0 aliphatic carbocycles. The predicted octanol–water partition coefficient (Wildman–Crippen LogP) is 2.84. The number of carbonyl (C=O) groups is 1. The van der Waals surface area contributed by atoms with E-state index < -0.39 is 18.0 Å². The van der Waals surface area contributed by atoms with Gasteiger partial charge >= 0.3 is 5.97 Å². The molecule has 5 heteroatoms. The molecule has 0 amide bonds. The van der Waals surface area contributed by atoms with E-state index >= 15 is 0 Å². The summed E-state index contributed by atoms with van der Waals surface area (Å²) < 4.78 is 30.1. The summed E-state index contributed by atoms with van der Waals surface area (Å²) in [6.07, 6.45) is -2.46. The van der Waals surface area contributed by atoms with Gasteiger partial charge in [-0.05, 0) is 18.1 Å². The maximum Gasteiger partial charge on any atom is 0.338 e. The molecule has 0 saturated heterocycles. The zero-order valence-corrected chi connectivity index (χ0v) is 9.46. The van der Waals surface area contributed by atoms with E-state index in [-0.39, 0.29) is 11.1 Å². The molecule has 0 saturated carbocycles. The fourth-order valence-corrected chi connectivity index (χ4v) is 1.66. The molecule has 0 aromatic heterocycles. The molecule has 17 heavy (non-hydrogen) atoms. The second-order valence-corrected chi connectivity index (χ2v) is 3.31. The molecule has 90 valence electrons. The minimum Gasteiger partial charge on any atom is -0.465 e. The number of halogens is 2. The van der Waals surface area contributed by atoms with Gasteiger partial charge in [0.25, 0.3) is 6.43 Å². The first-order valence-electron chi connectivity index (χ1n) is 4.99. The number of benzene rings is 1. The van der Waals surface area contributed by atoms with E-state index in [0.717, 1.165) is 13.2 Å². The highest BCUT2D eigenvalue weighted by Crippen LogP contribution is 2.28. The number of rotatable bonds is 3. The molecule has 0 radical (unpaired) electrons. The minimum atomic E-state index is -2.78. The summed E-state index contributed by atoms with van der Waals surface area (Å²) in [5.74, 6) is -0.839. The zero-order valence-electron chi connectivity index (χ0n) is 9.46. The van der Waals surface area contributed by atoms with Crippen molar-refractivity contribution in [3.05, 3.63) is 34.4 Å². The molecule has 0 fully saturated rings. The van der Waals surface area contributed by atoms with Crippen LogP contribution >= 0.6 is 0 Å². The van der Waals surface area contributed by atoms with Crippen LogP contribution in [0.5, 0.6) is 0 Å². The van der Waals surface area contributed by atoms with Crippen LogP contribution < -0.4 is 0 Å². The first-order valence-corrected chi connectivity index (χ1v) is 4.99. The maximum absolute atomic E-state index is 12.8. The molecular formula is C12H11F2NO2. The highest BCUT2D eigenvalue weighted by molar-refractivity contribution is 5.93. The molecule has 0 aliphatic rings. The first-order chi connectivity index (χ1) is 8.06. The summed E-state index contributed by atoms with van der Waals surface area (Å²) in [4.78, 5) is 11.5. The Morgan fingerprint density at radius 2 is 2.18 bits per heavy atom. The Labute approximate surface area is 97.6 Å². The second kappa shape index (κ2) is 5.39. The summed E-state index contributed by atoms with van der Waals surface area (Å²) in [6.45, 7) is 1.69. The monoisotopic (exact) mass is 239 g/mol. The average Bonchev–Trinajstić information content (AvgIpc) is 2.35. The molecule has 0 atom stereocenters. The van der Waals surface area contributed by atoms with Crippen LogP contribution in [-0.2, 0) is 11.2 Å². The molecule has 0 bridgehead atoms. The number of carbonyl (C=O) groups excluding carboxylic acids is 1. The van der Waals surface area contributed by atoms with E-state index in [1.54, 1.807) is 6.92 Å². The number of methoxy groups -OCH3 is 1. The molecule has 0 unspecified atom stereocenters. The molecule has 1 rings (SSSR count). The smallest absolute Gasteiger partial charge is 0.338 e. The Balaban J connectivity index is 3.57. The molecule has 0 N–H and O–H groups in total. The van der Waals surface area contributed by atoms with E-state index in [0.29, 0.717) is 12.0 Å². The molecule has 0 spiro atoms. The number of esters is 1. The molecular weight excluding hydrogens is 228 g/mol. The number of nitrogens with zero attached hydrogens (tertiary/aromatic N) is 1. The van der Waals surface area contributed by atoms with E-state index in [1.165, 1.54) is 6.07 Å². The van der Waals surface area contributed by atoms with Crippen LogP contribution in [0, 0.1) is 11.3 Å². The van der Waals surface area contributed by atoms with Gasteiger partial charge in [-0.15, -0.1) is 0 Å². The van der Waals surface area contributed by atoms with Crippen molar-refractivity contribution in [1.29, 1.82) is 5.26 Å². The molecule has 0 heterocycles. The lowest BCUT2D eigenvalue weighted by atomic mass is 9.94. The Morgan fingerprint density at radius 1 is 1.53 bits per heavy atom. The van der Waals surface area contributed by atoms with Gasteiger partial charge in [0.2, 0.25) is 0 Å². The van der Waals surface area contributed by atoms with E-state index in [1.807, 2.05) is 6.07 Å². The van der Waals surface area contributed by atoms with Crippen molar-refractivity contribution in [2.45, 2.75) is 19.8 Å². The first kappa shape index (κ1) is 13.1. The maximum atomic E-state index is 12.8. The standard InChI is InChI=1S/C12H11F2NO2/c1-3-8-7(6-15)4-5-9(11(13)14)10(8)12(16)17-2/h4-5,11H,3H2,1-2H3. The number of ether oxygens (including phenoxy) is 1. The fraction of sp³-hybridized carbons (Fsp3) is 0.333. The highest BCUT2D eigenvalue weighted by Gasteiger charge is 2.23. The number of nitriles is 1. The van der Waals surface area contributed by atoms with Gasteiger partial charge in [0.05, 0.1) is 24.3 Å². The van der Waals surface area contributed by atoms with Crippen molar-refractivity contribution in [3.8, 4) is 6.07 Å². The van der Waals surface area contributed by atoms with Gasteiger partial charge in [0.15, 0.2) is 0 Å². The van der Waals surface area contributed by atoms with Gasteiger partial charge < -0.3 is 4.74 Å². The Morgan fingerprint density at radius 3 is 2.59 bits per heavy atom. The Hall–Kier alpha value is -1.96. The summed E-state index contributed by atoms with van der Waals surface area (Å²) in [7, 11) is 1.12. The van der Waals surface area contributed by atoms with Gasteiger partial charge in [-0.2, -0.15) is 5.26 Å². The quantitative estimate of drug-likeness (QED) is 0.762. The summed E-state index contributed by atoms with van der Waals surface area (Å²) in [5, 5.41) is 8.87. The lowest BCUT2D eigenvalue weighted by Gasteiger charge is -2.12. The topological polar surface area (TPSA) is 50.1 Å².